The van der Waals surface area contributed by atoms with Crippen molar-refractivity contribution in [2.24, 2.45) is 0 Å². The molecule has 9 heteroatoms. The van der Waals surface area contributed by atoms with E-state index in [1.54, 1.807) is 6.20 Å². The van der Waals surface area contributed by atoms with Gasteiger partial charge >= 0.3 is 5.97 Å². The van der Waals surface area contributed by atoms with Crippen molar-refractivity contribution in [1.82, 2.24) is 15.4 Å². The summed E-state index contributed by atoms with van der Waals surface area (Å²) in [6.07, 6.45) is 1.60. The van der Waals surface area contributed by atoms with Crippen LogP contribution in [0.2, 0.25) is 0 Å². The number of rotatable bonds is 13. The second kappa shape index (κ2) is 11.3. The number of carboxylic acids is 1. The maximum Gasteiger partial charge on any atom is 0.329 e. The van der Waals surface area contributed by atoms with Gasteiger partial charge in [-0.05, 0) is 0 Å². The van der Waals surface area contributed by atoms with Crippen molar-refractivity contribution in [3.63, 3.8) is 0 Å². The Morgan fingerprint density at radius 1 is 1.05 bits per heavy atom. The summed E-state index contributed by atoms with van der Waals surface area (Å²) >= 11 is 0. The molecule has 1 aromatic rings. The minimum atomic E-state index is -0.987. The second-order valence-corrected chi connectivity index (χ2v) is 3.68. The molecule has 0 saturated heterocycles. The zero-order valence-corrected chi connectivity index (χ0v) is 11.1. The number of hydrogen-bond donors (Lipinski definition) is 2. The van der Waals surface area contributed by atoms with Crippen molar-refractivity contribution in [3.8, 4) is 0 Å². The van der Waals surface area contributed by atoms with Crippen LogP contribution in [0.1, 0.15) is 5.69 Å². The lowest BCUT2D eigenvalue weighted by molar-refractivity contribution is -0.142. The molecular weight excluding hydrogens is 270 g/mol. The predicted molar refractivity (Wildman–Crippen MR) is 66.1 cm³/mol. The summed E-state index contributed by atoms with van der Waals surface area (Å²) in [7, 11) is 0. The molecule has 0 saturated carbocycles. The van der Waals surface area contributed by atoms with Crippen molar-refractivity contribution in [1.29, 1.82) is 0 Å². The number of nitrogens with one attached hydrogen (secondary N) is 1. The van der Waals surface area contributed by atoms with Gasteiger partial charge in [0.1, 0.15) is 12.3 Å². The third-order valence-electron chi connectivity index (χ3n) is 2.06. The van der Waals surface area contributed by atoms with Gasteiger partial charge in [-0.3, -0.25) is 0 Å². The van der Waals surface area contributed by atoms with Gasteiger partial charge in [0.2, 0.25) is 0 Å². The van der Waals surface area contributed by atoms with Gasteiger partial charge in [-0.1, -0.05) is 0 Å². The molecule has 0 amide bonds. The van der Waals surface area contributed by atoms with Crippen LogP contribution in [0.5, 0.6) is 0 Å². The molecule has 1 rings (SSSR count). The van der Waals surface area contributed by atoms with Gasteiger partial charge in [0.05, 0.1) is 52.4 Å². The molecule has 0 aromatic carbocycles. The highest BCUT2D eigenvalue weighted by Gasteiger charge is 1.97. The lowest BCUT2D eigenvalue weighted by Gasteiger charge is -2.06. The molecule has 0 atom stereocenters. The normalized spacial score (nSPS) is 10.8. The van der Waals surface area contributed by atoms with Crippen molar-refractivity contribution in [3.05, 3.63) is 11.9 Å². The van der Waals surface area contributed by atoms with E-state index in [-0.39, 0.29) is 13.2 Å². The van der Waals surface area contributed by atoms with E-state index in [0.29, 0.717) is 39.6 Å². The smallest absolute Gasteiger partial charge is 0.329 e. The number of carboxylic acid groups (broad SMARTS) is 1. The highest BCUT2D eigenvalue weighted by atomic mass is 16.6. The number of carbonyl (C=O) groups is 1. The van der Waals surface area contributed by atoms with Gasteiger partial charge in [0.25, 0.3) is 0 Å². The van der Waals surface area contributed by atoms with E-state index in [4.69, 9.17) is 24.1 Å². The van der Waals surface area contributed by atoms with Crippen LogP contribution >= 0.6 is 0 Å². The molecule has 0 fully saturated rings. The molecule has 114 valence electrons. The number of aromatic amines is 1. The zero-order chi connectivity index (χ0) is 14.5. The Labute approximate surface area is 116 Å². The Morgan fingerprint density at radius 3 is 2.20 bits per heavy atom. The largest absolute Gasteiger partial charge is 0.480 e. The number of hydrogen-bond acceptors (Lipinski definition) is 7. The zero-order valence-electron chi connectivity index (χ0n) is 11.1. The van der Waals surface area contributed by atoms with Gasteiger partial charge in [0.15, 0.2) is 0 Å². The van der Waals surface area contributed by atoms with Crippen LogP contribution in [0.15, 0.2) is 6.20 Å². The van der Waals surface area contributed by atoms with Crippen LogP contribution in [0, 0.1) is 0 Å². The van der Waals surface area contributed by atoms with E-state index in [0.717, 1.165) is 5.69 Å². The van der Waals surface area contributed by atoms with E-state index in [2.05, 4.69) is 15.4 Å². The first-order chi connectivity index (χ1) is 9.79. The topological polar surface area (TPSA) is 116 Å². The molecule has 2 N–H and O–H groups in total. The van der Waals surface area contributed by atoms with Gasteiger partial charge in [-0.15, -0.1) is 0 Å². The summed E-state index contributed by atoms with van der Waals surface area (Å²) < 4.78 is 20.5. The summed E-state index contributed by atoms with van der Waals surface area (Å²) in [6, 6.07) is 0. The van der Waals surface area contributed by atoms with Crippen molar-refractivity contribution in [2.45, 2.75) is 6.61 Å². The summed E-state index contributed by atoms with van der Waals surface area (Å²) in [6.45, 7) is 2.52. The molecule has 1 heterocycles. The fraction of sp³-hybridized carbons (Fsp3) is 0.727. The first kappa shape index (κ1) is 16.5. The Hall–Kier alpha value is -1.55. The number of aliphatic carboxylic acids is 1. The maximum atomic E-state index is 10.1. The lowest BCUT2D eigenvalue weighted by Crippen LogP contribution is -2.14. The molecule has 0 aliphatic heterocycles. The number of aromatic nitrogens is 3. The summed E-state index contributed by atoms with van der Waals surface area (Å²) in [5.41, 5.74) is 0.745. The van der Waals surface area contributed by atoms with Crippen molar-refractivity contribution >= 4 is 5.97 Å². The predicted octanol–water partition coefficient (Wildman–Crippen LogP) is -0.544. The third-order valence-corrected chi connectivity index (χ3v) is 2.06. The molecule has 0 bridgehead atoms. The fourth-order valence-electron chi connectivity index (χ4n) is 1.19. The minimum Gasteiger partial charge on any atom is -0.480 e. The van der Waals surface area contributed by atoms with Crippen molar-refractivity contribution in [2.75, 3.05) is 46.2 Å². The molecule has 0 radical (unpaired) electrons. The van der Waals surface area contributed by atoms with Crippen LogP contribution in [0.25, 0.3) is 0 Å². The van der Waals surface area contributed by atoms with Gasteiger partial charge in [-0.2, -0.15) is 15.4 Å². The van der Waals surface area contributed by atoms with Crippen LogP contribution in [0.4, 0.5) is 0 Å². The number of nitrogens with zero attached hydrogens (tertiary/aromatic N) is 2. The molecular formula is C11H19N3O6. The SMILES string of the molecule is O=C(O)COCCOCCOCCOCc1cn[nH]n1. The van der Waals surface area contributed by atoms with Crippen LogP contribution in [-0.4, -0.2) is 72.7 Å². The van der Waals surface area contributed by atoms with E-state index in [9.17, 15) is 4.79 Å². The van der Waals surface area contributed by atoms with Crippen LogP contribution in [0.3, 0.4) is 0 Å². The van der Waals surface area contributed by atoms with E-state index in [1.807, 2.05) is 0 Å². The average Bonchev–Trinajstić information content (AvgIpc) is 2.93. The van der Waals surface area contributed by atoms with Crippen molar-refractivity contribution < 1.29 is 28.8 Å². The Kier molecular flexibility index (Phi) is 9.32. The number of ether oxygens (including phenoxy) is 4. The van der Waals surface area contributed by atoms with E-state index in [1.165, 1.54) is 0 Å². The first-order valence-corrected chi connectivity index (χ1v) is 6.16. The molecule has 0 unspecified atom stereocenters. The monoisotopic (exact) mass is 289 g/mol. The first-order valence-electron chi connectivity index (χ1n) is 6.16. The Morgan fingerprint density at radius 2 is 1.65 bits per heavy atom. The molecule has 0 aliphatic carbocycles. The highest BCUT2D eigenvalue weighted by molar-refractivity contribution is 5.67. The maximum absolute atomic E-state index is 10.1. The molecule has 0 spiro atoms. The van der Waals surface area contributed by atoms with Crippen LogP contribution < -0.4 is 0 Å². The standard InChI is InChI=1S/C11H19N3O6/c15-11(16)9-20-6-4-18-2-1-17-3-5-19-8-10-7-12-14-13-10/h7H,1-6,8-9H2,(H,15,16)(H,12,13,14). The summed E-state index contributed by atoms with van der Waals surface area (Å²) in [5, 5.41) is 18.3. The Balaban J connectivity index is 1.73. The second-order valence-electron chi connectivity index (χ2n) is 3.68. The van der Waals surface area contributed by atoms with Gasteiger partial charge in [0, 0.05) is 0 Å². The molecule has 1 aromatic heterocycles. The van der Waals surface area contributed by atoms with Crippen LogP contribution in [-0.2, 0) is 30.3 Å². The molecule has 9 nitrogen and oxygen atoms in total. The third kappa shape index (κ3) is 9.39. The average molecular weight is 289 g/mol. The van der Waals surface area contributed by atoms with Gasteiger partial charge in [-0.25, -0.2) is 4.79 Å². The quantitative estimate of drug-likeness (QED) is 0.465. The number of H-pyrrole nitrogens is 1. The molecule has 20 heavy (non-hydrogen) atoms. The highest BCUT2D eigenvalue weighted by Crippen LogP contribution is 1.92. The lowest BCUT2D eigenvalue weighted by atomic mass is 10.5. The summed E-state index contributed by atoms with van der Waals surface area (Å²) in [4.78, 5) is 10.1. The molecule has 0 aliphatic rings. The Bertz CT molecular complexity index is 346. The summed E-state index contributed by atoms with van der Waals surface area (Å²) in [5.74, 6) is -0.987. The van der Waals surface area contributed by atoms with Gasteiger partial charge < -0.3 is 24.1 Å². The van der Waals surface area contributed by atoms with E-state index < -0.39 is 5.97 Å². The minimum absolute atomic E-state index is 0.257. The fourth-order valence-corrected chi connectivity index (χ4v) is 1.19. The van der Waals surface area contributed by atoms with E-state index >= 15 is 0 Å².